The number of imidazole rings is 1. The lowest BCUT2D eigenvalue weighted by molar-refractivity contribution is -0.141. The average molecular weight is 812 g/mol. The second kappa shape index (κ2) is 18.8. The number of hydrogen-bond acceptors (Lipinski definition) is 12. The second-order valence-corrected chi connectivity index (χ2v) is 15.4. The summed E-state index contributed by atoms with van der Waals surface area (Å²) in [6, 6.07) is 21.1. The number of carbonyl (C=O) groups is 4. The summed E-state index contributed by atoms with van der Waals surface area (Å²) in [4.78, 5) is 66.5. The highest BCUT2D eigenvalue weighted by Crippen LogP contribution is 2.45. The molecular weight excluding hydrogens is 767 g/mol. The van der Waals surface area contributed by atoms with Crippen molar-refractivity contribution >= 4 is 57.1 Å². The number of aromatic amines is 1. The lowest BCUT2D eigenvalue weighted by Gasteiger charge is -2.24. The molecule has 1 aliphatic heterocycles. The minimum Gasteiger partial charge on any atom is -0.481 e. The monoisotopic (exact) mass is 811 g/mol. The SMILES string of the molecule is CN(Cc1nc2ccccc2[nH]1)C(=O)c1ccc2c(c1)CN(CCCCCCNC(=O)c1ccc(N=NCc3ccccc3S(O)(O)O)nc1)C(=O)[C@@H](CC(=O)O)N2. The van der Waals surface area contributed by atoms with Crippen molar-refractivity contribution in [2.45, 2.75) is 62.7 Å². The van der Waals surface area contributed by atoms with Gasteiger partial charge in [-0.1, -0.05) is 43.2 Å². The zero-order valence-corrected chi connectivity index (χ0v) is 32.6. The van der Waals surface area contributed by atoms with Crippen molar-refractivity contribution in [1.29, 1.82) is 0 Å². The van der Waals surface area contributed by atoms with Gasteiger partial charge in [-0.3, -0.25) is 19.2 Å². The number of para-hydroxylation sites is 2. The fraction of sp³-hybridized carbons (Fsp3) is 0.300. The zero-order valence-electron chi connectivity index (χ0n) is 31.7. The van der Waals surface area contributed by atoms with Gasteiger partial charge in [0.05, 0.1) is 41.0 Å². The zero-order chi connectivity index (χ0) is 41.2. The molecule has 1 atom stereocenters. The molecule has 18 heteroatoms. The average Bonchev–Trinajstić information content (AvgIpc) is 3.56. The Balaban J connectivity index is 0.964. The molecule has 3 aromatic carbocycles. The molecule has 0 saturated heterocycles. The molecule has 0 radical (unpaired) electrons. The van der Waals surface area contributed by atoms with Crippen molar-refractivity contribution < 1.29 is 37.9 Å². The maximum absolute atomic E-state index is 13.5. The van der Waals surface area contributed by atoms with E-state index in [9.17, 15) is 37.9 Å². The lowest BCUT2D eigenvalue weighted by atomic mass is 10.1. The third kappa shape index (κ3) is 10.8. The Morgan fingerprint density at radius 1 is 0.966 bits per heavy atom. The molecule has 0 saturated carbocycles. The predicted octanol–water partition coefficient (Wildman–Crippen LogP) is 6.68. The molecule has 58 heavy (non-hydrogen) atoms. The van der Waals surface area contributed by atoms with Crippen LogP contribution in [0.3, 0.4) is 0 Å². The number of carbonyl (C=O) groups excluding carboxylic acids is 3. The van der Waals surface area contributed by atoms with Crippen LogP contribution >= 0.6 is 10.9 Å². The largest absolute Gasteiger partial charge is 0.481 e. The molecule has 304 valence electrons. The molecule has 1 aliphatic rings. The van der Waals surface area contributed by atoms with Gasteiger partial charge in [0.15, 0.2) is 5.82 Å². The van der Waals surface area contributed by atoms with Gasteiger partial charge in [0, 0.05) is 44.1 Å². The topological polar surface area (TPSA) is 246 Å². The number of hydrogen-bond donors (Lipinski definition) is 7. The molecule has 0 unspecified atom stereocenters. The molecule has 17 nitrogen and oxygen atoms in total. The molecular formula is C40H45N9O8S. The van der Waals surface area contributed by atoms with Crippen LogP contribution in [-0.2, 0) is 29.2 Å². The highest BCUT2D eigenvalue weighted by molar-refractivity contribution is 8.19. The third-order valence-corrected chi connectivity index (χ3v) is 10.5. The third-order valence-electron chi connectivity index (χ3n) is 9.54. The number of aliphatic carboxylic acids is 1. The Hall–Kier alpha value is -6.21. The van der Waals surface area contributed by atoms with Gasteiger partial charge in [-0.25, -0.2) is 9.97 Å². The van der Waals surface area contributed by atoms with Crippen LogP contribution < -0.4 is 10.6 Å². The number of fused-ring (bicyclic) bond motifs is 2. The van der Waals surface area contributed by atoms with Gasteiger partial charge in [0.25, 0.3) is 11.8 Å². The fourth-order valence-corrected chi connectivity index (χ4v) is 7.35. The van der Waals surface area contributed by atoms with E-state index in [1.54, 1.807) is 59.3 Å². The number of carboxylic acid groups (broad SMARTS) is 1. The summed E-state index contributed by atoms with van der Waals surface area (Å²) in [5, 5.41) is 23.5. The first-order valence-electron chi connectivity index (χ1n) is 18.6. The minimum absolute atomic E-state index is 0.0191. The van der Waals surface area contributed by atoms with Crippen LogP contribution in [-0.4, -0.2) is 93.4 Å². The van der Waals surface area contributed by atoms with E-state index in [2.05, 4.69) is 35.8 Å². The predicted molar refractivity (Wildman–Crippen MR) is 217 cm³/mol. The molecule has 6 rings (SSSR count). The molecule has 7 N–H and O–H groups in total. The number of rotatable bonds is 17. The van der Waals surface area contributed by atoms with Crippen LogP contribution in [0.2, 0.25) is 0 Å². The summed E-state index contributed by atoms with van der Waals surface area (Å²) < 4.78 is 28.8. The van der Waals surface area contributed by atoms with Crippen LogP contribution in [0.25, 0.3) is 11.0 Å². The number of amides is 3. The van der Waals surface area contributed by atoms with E-state index in [1.165, 1.54) is 18.3 Å². The van der Waals surface area contributed by atoms with E-state index in [0.717, 1.165) is 23.9 Å². The van der Waals surface area contributed by atoms with Gasteiger partial charge < -0.3 is 44.2 Å². The number of carboxylic acids is 1. The summed E-state index contributed by atoms with van der Waals surface area (Å²) in [7, 11) is -2.21. The van der Waals surface area contributed by atoms with Crippen molar-refractivity contribution in [1.82, 2.24) is 30.1 Å². The van der Waals surface area contributed by atoms with Gasteiger partial charge in [0.2, 0.25) is 5.91 Å². The Kier molecular flexibility index (Phi) is 13.4. The highest BCUT2D eigenvalue weighted by Gasteiger charge is 2.31. The molecule has 5 aromatic rings. The van der Waals surface area contributed by atoms with Crippen LogP contribution in [0.5, 0.6) is 0 Å². The van der Waals surface area contributed by atoms with Crippen molar-refractivity contribution in [3.8, 4) is 0 Å². The number of unbranched alkanes of at least 4 members (excludes halogenated alkanes) is 3. The number of aromatic nitrogens is 3. The van der Waals surface area contributed by atoms with Crippen molar-refractivity contribution in [3.05, 3.63) is 113 Å². The first kappa shape index (κ1) is 41.4. The number of azo groups is 1. The van der Waals surface area contributed by atoms with E-state index >= 15 is 0 Å². The molecule has 2 aromatic heterocycles. The van der Waals surface area contributed by atoms with E-state index in [0.29, 0.717) is 59.7 Å². The van der Waals surface area contributed by atoms with Crippen molar-refractivity contribution in [3.63, 3.8) is 0 Å². The Bertz CT molecular complexity index is 2260. The number of nitrogens with zero attached hydrogens (tertiary/aromatic N) is 6. The number of nitrogens with one attached hydrogen (secondary N) is 3. The summed E-state index contributed by atoms with van der Waals surface area (Å²) in [6.45, 7) is 1.27. The highest BCUT2D eigenvalue weighted by atomic mass is 32.3. The summed E-state index contributed by atoms with van der Waals surface area (Å²) in [5.41, 5.74) is 4.18. The van der Waals surface area contributed by atoms with Gasteiger partial charge >= 0.3 is 5.97 Å². The van der Waals surface area contributed by atoms with E-state index < -0.39 is 29.3 Å². The first-order chi connectivity index (χ1) is 27.9. The van der Waals surface area contributed by atoms with Crippen molar-refractivity contribution in [2.75, 3.05) is 25.5 Å². The number of pyridine rings is 1. The standard InChI is InChI=1S/C40H45N9O8S/c1-48(25-36-45-31-11-5-6-12-32(31)46-36)39(53)26-14-16-30-29(20-26)24-49(40(54)33(44-30)21-37(50)51)19-9-3-2-8-18-41-38(52)28-15-17-35(42-22-28)47-43-23-27-10-4-7-13-34(27)58(55,56)57/h4-7,10-17,20,22,33,44,55-57H,2-3,8-9,18-19,21,23-25H2,1H3,(H,41,52)(H,45,46)(H,50,51)/t33-/m1/s1. The number of benzene rings is 3. The molecule has 3 heterocycles. The lowest BCUT2D eigenvalue weighted by Crippen LogP contribution is -2.42. The van der Waals surface area contributed by atoms with Gasteiger partial charge in [-0.2, -0.15) is 5.11 Å². The second-order valence-electron chi connectivity index (χ2n) is 13.9. The van der Waals surface area contributed by atoms with Crippen molar-refractivity contribution in [2.24, 2.45) is 10.2 Å². The summed E-state index contributed by atoms with van der Waals surface area (Å²) in [6.07, 6.45) is 3.87. The number of anilines is 1. The fourth-order valence-electron chi connectivity index (χ4n) is 6.60. The quantitative estimate of drug-likeness (QED) is 0.0385. The molecule has 0 bridgehead atoms. The van der Waals surface area contributed by atoms with Gasteiger partial charge in [-0.05, 0) is 72.5 Å². The van der Waals surface area contributed by atoms with Gasteiger partial charge in [-0.15, -0.1) is 5.11 Å². The van der Waals surface area contributed by atoms with Crippen LogP contribution in [0.4, 0.5) is 11.5 Å². The smallest absolute Gasteiger partial charge is 0.305 e. The normalized spacial score (nSPS) is 14.5. The number of H-pyrrole nitrogens is 1. The molecule has 0 spiro atoms. The molecule has 3 amide bonds. The van der Waals surface area contributed by atoms with E-state index in [4.69, 9.17) is 0 Å². The van der Waals surface area contributed by atoms with Crippen LogP contribution in [0.15, 0.2) is 100 Å². The van der Waals surface area contributed by atoms with E-state index in [-0.39, 0.29) is 48.1 Å². The van der Waals surface area contributed by atoms with Crippen LogP contribution in [0, 0.1) is 0 Å². The Labute approximate surface area is 335 Å². The Morgan fingerprint density at radius 3 is 2.48 bits per heavy atom. The molecule has 0 fully saturated rings. The van der Waals surface area contributed by atoms with Gasteiger partial charge in [0.1, 0.15) is 22.7 Å². The minimum atomic E-state index is -3.90. The van der Waals surface area contributed by atoms with Crippen LogP contribution in [0.1, 0.15) is 69.8 Å². The summed E-state index contributed by atoms with van der Waals surface area (Å²) >= 11 is 0. The summed E-state index contributed by atoms with van der Waals surface area (Å²) in [5.74, 6) is -1.05. The Morgan fingerprint density at radius 2 is 1.72 bits per heavy atom. The molecule has 0 aliphatic carbocycles. The van der Waals surface area contributed by atoms with E-state index in [1.807, 2.05) is 24.3 Å². The first-order valence-corrected chi connectivity index (χ1v) is 20.2. The maximum Gasteiger partial charge on any atom is 0.305 e. The maximum atomic E-state index is 13.5.